The quantitative estimate of drug-likeness (QED) is 0.822. The maximum atomic E-state index is 10.9. The van der Waals surface area contributed by atoms with Crippen LogP contribution in [0.2, 0.25) is 0 Å². The van der Waals surface area contributed by atoms with E-state index in [1.54, 1.807) is 18.2 Å². The van der Waals surface area contributed by atoms with Crippen LogP contribution < -0.4 is 5.32 Å². The summed E-state index contributed by atoms with van der Waals surface area (Å²) in [7, 11) is 0. The average Bonchev–Trinajstić information content (AvgIpc) is 2.41. The molecule has 2 rings (SSSR count). The predicted octanol–water partition coefficient (Wildman–Crippen LogP) is 3.42. The Bertz CT molecular complexity index is 669. The van der Waals surface area contributed by atoms with Crippen molar-refractivity contribution in [1.29, 1.82) is 0 Å². The third-order valence-corrected chi connectivity index (χ3v) is 2.78. The Kier molecular flexibility index (Phi) is 3.53. The number of carboxylic acids is 1. The van der Waals surface area contributed by atoms with Crippen molar-refractivity contribution in [2.45, 2.75) is 6.92 Å². The third kappa shape index (κ3) is 2.93. The van der Waals surface area contributed by atoms with Gasteiger partial charge in [-0.2, -0.15) is 0 Å². The lowest BCUT2D eigenvalue weighted by Crippen LogP contribution is -1.99. The van der Waals surface area contributed by atoms with Crippen LogP contribution in [0.15, 0.2) is 42.5 Å². The van der Waals surface area contributed by atoms with E-state index in [4.69, 9.17) is 11.5 Å². The molecular formula is C16H13NO2. The second-order valence-electron chi connectivity index (χ2n) is 4.18. The Morgan fingerprint density at radius 2 is 2.05 bits per heavy atom. The smallest absolute Gasteiger partial charge is 0.335 e. The number of aryl methyl sites for hydroxylation is 1. The van der Waals surface area contributed by atoms with Gasteiger partial charge in [0.05, 0.1) is 5.56 Å². The number of rotatable bonds is 3. The summed E-state index contributed by atoms with van der Waals surface area (Å²) in [5.41, 5.74) is 3.68. The highest BCUT2D eigenvalue weighted by atomic mass is 16.4. The number of terminal acetylenes is 1. The van der Waals surface area contributed by atoms with Gasteiger partial charge >= 0.3 is 5.97 Å². The summed E-state index contributed by atoms with van der Waals surface area (Å²) in [5, 5.41) is 12.1. The van der Waals surface area contributed by atoms with Gasteiger partial charge in [0.1, 0.15) is 0 Å². The molecule has 0 unspecified atom stereocenters. The summed E-state index contributed by atoms with van der Waals surface area (Å²) < 4.78 is 0. The van der Waals surface area contributed by atoms with Gasteiger partial charge in [-0.3, -0.25) is 0 Å². The summed E-state index contributed by atoms with van der Waals surface area (Å²) in [6.07, 6.45) is 5.35. The van der Waals surface area contributed by atoms with E-state index in [1.807, 2.05) is 31.2 Å². The summed E-state index contributed by atoms with van der Waals surface area (Å²) in [6, 6.07) is 12.5. The van der Waals surface area contributed by atoms with Gasteiger partial charge in [0.15, 0.2) is 0 Å². The lowest BCUT2D eigenvalue weighted by atomic mass is 10.1. The van der Waals surface area contributed by atoms with Crippen LogP contribution in [0.1, 0.15) is 21.5 Å². The molecule has 0 spiro atoms. The first-order chi connectivity index (χ1) is 9.10. The fraction of sp³-hybridized carbons (Fsp3) is 0.0625. The standard InChI is InChI=1S/C16H13NO2/c1-3-12-5-4-6-14(10-12)17-15-8-7-13(16(18)19)9-11(15)2/h1,4-10,17H,2H3,(H,18,19). The second-order valence-corrected chi connectivity index (χ2v) is 4.18. The molecule has 0 saturated carbocycles. The number of hydrogen-bond acceptors (Lipinski definition) is 2. The molecule has 0 bridgehead atoms. The molecule has 3 heteroatoms. The van der Waals surface area contributed by atoms with E-state index in [2.05, 4.69) is 11.2 Å². The van der Waals surface area contributed by atoms with Crippen molar-refractivity contribution in [3.63, 3.8) is 0 Å². The van der Waals surface area contributed by atoms with E-state index >= 15 is 0 Å². The highest BCUT2D eigenvalue weighted by molar-refractivity contribution is 5.88. The van der Waals surface area contributed by atoms with Crippen molar-refractivity contribution < 1.29 is 9.90 Å². The predicted molar refractivity (Wildman–Crippen MR) is 75.8 cm³/mol. The fourth-order valence-electron chi connectivity index (χ4n) is 1.78. The molecule has 0 amide bonds. The first-order valence-corrected chi connectivity index (χ1v) is 5.78. The number of nitrogens with one attached hydrogen (secondary N) is 1. The fourth-order valence-corrected chi connectivity index (χ4v) is 1.78. The minimum Gasteiger partial charge on any atom is -0.478 e. The molecule has 0 aromatic heterocycles. The number of carboxylic acid groups (broad SMARTS) is 1. The number of anilines is 2. The van der Waals surface area contributed by atoms with Crippen LogP contribution >= 0.6 is 0 Å². The SMILES string of the molecule is C#Cc1cccc(Nc2ccc(C(=O)O)cc2C)c1. The number of hydrogen-bond donors (Lipinski definition) is 2. The Balaban J connectivity index is 2.28. The van der Waals surface area contributed by atoms with Gasteiger partial charge in [0.2, 0.25) is 0 Å². The van der Waals surface area contributed by atoms with Gasteiger partial charge in [-0.15, -0.1) is 6.42 Å². The van der Waals surface area contributed by atoms with E-state index in [0.717, 1.165) is 22.5 Å². The minimum absolute atomic E-state index is 0.278. The summed E-state index contributed by atoms with van der Waals surface area (Å²) in [5.74, 6) is 1.65. The lowest BCUT2D eigenvalue weighted by molar-refractivity contribution is 0.0697. The van der Waals surface area contributed by atoms with Crippen molar-refractivity contribution >= 4 is 17.3 Å². The van der Waals surface area contributed by atoms with Crippen molar-refractivity contribution in [1.82, 2.24) is 0 Å². The number of carbonyl (C=O) groups is 1. The van der Waals surface area contributed by atoms with Crippen LogP contribution in [0.4, 0.5) is 11.4 Å². The zero-order valence-electron chi connectivity index (χ0n) is 10.5. The average molecular weight is 251 g/mol. The number of aromatic carboxylic acids is 1. The van der Waals surface area contributed by atoms with Gasteiger partial charge in [0.25, 0.3) is 0 Å². The maximum absolute atomic E-state index is 10.9. The van der Waals surface area contributed by atoms with Crippen LogP contribution in [-0.4, -0.2) is 11.1 Å². The molecular weight excluding hydrogens is 238 g/mol. The van der Waals surface area contributed by atoms with Crippen LogP contribution in [0.3, 0.4) is 0 Å². The van der Waals surface area contributed by atoms with Crippen molar-refractivity contribution in [2.75, 3.05) is 5.32 Å². The molecule has 0 aliphatic rings. The van der Waals surface area contributed by atoms with Gasteiger partial charge in [-0.25, -0.2) is 4.79 Å². The lowest BCUT2D eigenvalue weighted by Gasteiger charge is -2.10. The van der Waals surface area contributed by atoms with Crippen LogP contribution in [0.5, 0.6) is 0 Å². The summed E-state index contributed by atoms with van der Waals surface area (Å²) in [4.78, 5) is 10.9. The minimum atomic E-state index is -0.927. The molecule has 0 heterocycles. The van der Waals surface area contributed by atoms with E-state index in [9.17, 15) is 4.79 Å². The molecule has 2 aromatic rings. The van der Waals surface area contributed by atoms with Gasteiger partial charge in [0, 0.05) is 16.9 Å². The van der Waals surface area contributed by atoms with E-state index in [0.29, 0.717) is 0 Å². The Morgan fingerprint density at radius 1 is 1.26 bits per heavy atom. The summed E-state index contributed by atoms with van der Waals surface area (Å²) in [6.45, 7) is 1.86. The molecule has 2 N–H and O–H groups in total. The topological polar surface area (TPSA) is 49.3 Å². The van der Waals surface area contributed by atoms with Gasteiger partial charge in [-0.05, 0) is 48.9 Å². The normalized spacial score (nSPS) is 9.68. The Labute approximate surface area is 111 Å². The van der Waals surface area contributed by atoms with Crippen molar-refractivity contribution in [3.05, 3.63) is 59.2 Å². The van der Waals surface area contributed by atoms with Gasteiger partial charge in [-0.1, -0.05) is 12.0 Å². The van der Waals surface area contributed by atoms with Crippen molar-refractivity contribution in [3.8, 4) is 12.3 Å². The zero-order valence-corrected chi connectivity index (χ0v) is 10.5. The molecule has 0 aliphatic heterocycles. The molecule has 0 atom stereocenters. The zero-order chi connectivity index (χ0) is 13.8. The molecule has 0 fully saturated rings. The van der Waals surface area contributed by atoms with E-state index in [-0.39, 0.29) is 5.56 Å². The summed E-state index contributed by atoms with van der Waals surface area (Å²) >= 11 is 0. The van der Waals surface area contributed by atoms with Crippen molar-refractivity contribution in [2.24, 2.45) is 0 Å². The number of benzene rings is 2. The van der Waals surface area contributed by atoms with E-state index in [1.165, 1.54) is 0 Å². The van der Waals surface area contributed by atoms with Gasteiger partial charge < -0.3 is 10.4 Å². The molecule has 0 aliphatic carbocycles. The second kappa shape index (κ2) is 5.28. The maximum Gasteiger partial charge on any atom is 0.335 e. The molecule has 19 heavy (non-hydrogen) atoms. The molecule has 94 valence electrons. The first kappa shape index (κ1) is 12.7. The first-order valence-electron chi connectivity index (χ1n) is 5.78. The Morgan fingerprint density at radius 3 is 2.68 bits per heavy atom. The molecule has 2 aromatic carbocycles. The molecule has 0 saturated heterocycles. The van der Waals surface area contributed by atoms with Crippen LogP contribution in [0.25, 0.3) is 0 Å². The molecule has 3 nitrogen and oxygen atoms in total. The highest BCUT2D eigenvalue weighted by Crippen LogP contribution is 2.22. The molecule has 0 radical (unpaired) electrons. The van der Waals surface area contributed by atoms with Crippen LogP contribution in [0, 0.1) is 19.3 Å². The monoisotopic (exact) mass is 251 g/mol. The Hall–Kier alpha value is -2.73. The highest BCUT2D eigenvalue weighted by Gasteiger charge is 2.05. The van der Waals surface area contributed by atoms with E-state index < -0.39 is 5.97 Å². The van der Waals surface area contributed by atoms with Crippen LogP contribution in [-0.2, 0) is 0 Å². The largest absolute Gasteiger partial charge is 0.478 e. The third-order valence-electron chi connectivity index (χ3n) is 2.78.